The molecule has 17 heavy (non-hydrogen) atoms. The molecule has 0 radical (unpaired) electrons. The van der Waals surface area contributed by atoms with Gasteiger partial charge in [0, 0.05) is 15.8 Å². The third-order valence-electron chi connectivity index (χ3n) is 3.88. The first kappa shape index (κ1) is 13.1. The van der Waals surface area contributed by atoms with Crippen molar-refractivity contribution < 1.29 is 0 Å². The average Bonchev–Trinajstić information content (AvgIpc) is 2.86. The van der Waals surface area contributed by atoms with Gasteiger partial charge < -0.3 is 5.32 Å². The fraction of sp³-hybridized carbons (Fsp3) is 0.733. The minimum Gasteiger partial charge on any atom is -0.312 e. The van der Waals surface area contributed by atoms with Gasteiger partial charge in [-0.15, -0.1) is 11.3 Å². The van der Waals surface area contributed by atoms with Gasteiger partial charge in [-0.2, -0.15) is 0 Å². The number of thiophene rings is 1. The summed E-state index contributed by atoms with van der Waals surface area (Å²) in [6.07, 6.45) is 7.94. The second-order valence-electron chi connectivity index (χ2n) is 5.42. The van der Waals surface area contributed by atoms with Gasteiger partial charge >= 0.3 is 0 Å². The normalized spacial score (nSPS) is 18.1. The molecule has 96 valence electrons. The van der Waals surface area contributed by atoms with Crippen LogP contribution in [-0.2, 0) is 12.8 Å². The van der Waals surface area contributed by atoms with E-state index in [4.69, 9.17) is 0 Å². The molecule has 1 aliphatic carbocycles. The van der Waals surface area contributed by atoms with E-state index in [-0.39, 0.29) is 0 Å². The predicted molar refractivity (Wildman–Crippen MR) is 76.8 cm³/mol. The number of aryl methyl sites for hydroxylation is 2. The van der Waals surface area contributed by atoms with E-state index in [1.54, 1.807) is 15.3 Å². The molecule has 0 saturated carbocycles. The van der Waals surface area contributed by atoms with Crippen molar-refractivity contribution in [3.05, 3.63) is 21.4 Å². The zero-order chi connectivity index (χ0) is 12.3. The monoisotopic (exact) mass is 251 g/mol. The molecule has 0 amide bonds. The minimum atomic E-state index is 0.576. The molecule has 1 aliphatic rings. The summed E-state index contributed by atoms with van der Waals surface area (Å²) in [5.74, 6) is 0.828. The van der Waals surface area contributed by atoms with Crippen LogP contribution in [0.15, 0.2) is 6.07 Å². The summed E-state index contributed by atoms with van der Waals surface area (Å²) in [6, 6.07) is 3.04. The highest BCUT2D eigenvalue weighted by Crippen LogP contribution is 2.36. The maximum absolute atomic E-state index is 3.51. The SMILES string of the molecule is CCCC(C)CC(NC)c1cc2c(s1)CCC2. The van der Waals surface area contributed by atoms with E-state index in [0.29, 0.717) is 6.04 Å². The highest BCUT2D eigenvalue weighted by molar-refractivity contribution is 7.12. The predicted octanol–water partition coefficient (Wildman–Crippen LogP) is 4.32. The quantitative estimate of drug-likeness (QED) is 0.794. The van der Waals surface area contributed by atoms with Crippen LogP contribution in [0.2, 0.25) is 0 Å². The molecule has 1 heterocycles. The van der Waals surface area contributed by atoms with Crippen LogP contribution in [0.1, 0.15) is 60.9 Å². The number of rotatable bonds is 6. The molecule has 1 aromatic rings. The van der Waals surface area contributed by atoms with Crippen molar-refractivity contribution in [2.45, 2.75) is 58.4 Å². The Kier molecular flexibility index (Phi) is 4.63. The van der Waals surface area contributed by atoms with Gasteiger partial charge in [-0.1, -0.05) is 26.7 Å². The molecule has 0 fully saturated rings. The lowest BCUT2D eigenvalue weighted by Gasteiger charge is -2.19. The zero-order valence-electron chi connectivity index (χ0n) is 11.4. The molecule has 2 rings (SSSR count). The standard InChI is InChI=1S/C15H25NS/c1-4-6-11(2)9-13(16-3)15-10-12-7-5-8-14(12)17-15/h10-11,13,16H,4-9H2,1-3H3. The first-order valence-electron chi connectivity index (χ1n) is 7.03. The fourth-order valence-electron chi connectivity index (χ4n) is 2.91. The summed E-state index contributed by atoms with van der Waals surface area (Å²) < 4.78 is 0. The van der Waals surface area contributed by atoms with Gasteiger partial charge in [0.2, 0.25) is 0 Å². The third kappa shape index (κ3) is 3.11. The van der Waals surface area contributed by atoms with E-state index in [1.807, 2.05) is 0 Å². The van der Waals surface area contributed by atoms with Crippen LogP contribution in [0.4, 0.5) is 0 Å². The Hall–Kier alpha value is -0.340. The van der Waals surface area contributed by atoms with Crippen molar-refractivity contribution in [3.63, 3.8) is 0 Å². The Morgan fingerprint density at radius 1 is 1.41 bits per heavy atom. The van der Waals surface area contributed by atoms with Crippen molar-refractivity contribution >= 4 is 11.3 Å². The zero-order valence-corrected chi connectivity index (χ0v) is 12.2. The Bertz CT molecular complexity index is 334. The Morgan fingerprint density at radius 3 is 2.88 bits per heavy atom. The second-order valence-corrected chi connectivity index (χ2v) is 6.59. The van der Waals surface area contributed by atoms with Crippen molar-refractivity contribution in [2.75, 3.05) is 7.05 Å². The van der Waals surface area contributed by atoms with E-state index in [9.17, 15) is 0 Å². The number of hydrogen-bond donors (Lipinski definition) is 1. The molecule has 2 atom stereocenters. The lowest BCUT2D eigenvalue weighted by atomic mass is 9.96. The Labute approximate surface area is 110 Å². The van der Waals surface area contributed by atoms with Crippen molar-refractivity contribution in [1.82, 2.24) is 5.32 Å². The lowest BCUT2D eigenvalue weighted by molar-refractivity contribution is 0.410. The fourth-order valence-corrected chi connectivity index (χ4v) is 4.29. The smallest absolute Gasteiger partial charge is 0.0415 e. The van der Waals surface area contributed by atoms with E-state index >= 15 is 0 Å². The third-order valence-corrected chi connectivity index (χ3v) is 5.23. The van der Waals surface area contributed by atoms with E-state index in [0.717, 1.165) is 5.92 Å². The molecule has 1 nitrogen and oxygen atoms in total. The van der Waals surface area contributed by atoms with Crippen molar-refractivity contribution in [1.29, 1.82) is 0 Å². The van der Waals surface area contributed by atoms with Crippen LogP contribution in [0.25, 0.3) is 0 Å². The van der Waals surface area contributed by atoms with Crippen LogP contribution >= 0.6 is 11.3 Å². The number of hydrogen-bond acceptors (Lipinski definition) is 2. The molecule has 0 aliphatic heterocycles. The molecular weight excluding hydrogens is 226 g/mol. The van der Waals surface area contributed by atoms with Gasteiger partial charge in [-0.25, -0.2) is 0 Å². The summed E-state index contributed by atoms with van der Waals surface area (Å²) >= 11 is 2.05. The topological polar surface area (TPSA) is 12.0 Å². The van der Waals surface area contributed by atoms with Crippen LogP contribution in [0.3, 0.4) is 0 Å². The maximum Gasteiger partial charge on any atom is 0.0415 e. The summed E-state index contributed by atoms with van der Waals surface area (Å²) in [4.78, 5) is 3.23. The summed E-state index contributed by atoms with van der Waals surface area (Å²) in [5.41, 5.74) is 1.63. The van der Waals surface area contributed by atoms with Gasteiger partial charge in [0.25, 0.3) is 0 Å². The second kappa shape index (κ2) is 6.01. The molecule has 2 unspecified atom stereocenters. The van der Waals surface area contributed by atoms with Gasteiger partial charge in [-0.05, 0) is 50.3 Å². The molecule has 1 aromatic heterocycles. The first-order valence-corrected chi connectivity index (χ1v) is 7.85. The minimum absolute atomic E-state index is 0.576. The number of fused-ring (bicyclic) bond motifs is 1. The van der Waals surface area contributed by atoms with Crippen LogP contribution in [-0.4, -0.2) is 7.05 Å². The molecular formula is C15H25NS. The Balaban J connectivity index is 2.01. The van der Waals surface area contributed by atoms with Gasteiger partial charge in [0.15, 0.2) is 0 Å². The highest BCUT2D eigenvalue weighted by Gasteiger charge is 2.20. The maximum atomic E-state index is 3.51. The number of nitrogens with one attached hydrogen (secondary N) is 1. The summed E-state index contributed by atoms with van der Waals surface area (Å²) in [6.45, 7) is 4.67. The van der Waals surface area contributed by atoms with E-state index in [2.05, 4.69) is 43.6 Å². The largest absolute Gasteiger partial charge is 0.312 e. The van der Waals surface area contributed by atoms with Crippen LogP contribution in [0, 0.1) is 5.92 Å². The molecule has 0 bridgehead atoms. The first-order chi connectivity index (χ1) is 8.24. The van der Waals surface area contributed by atoms with Gasteiger partial charge in [0.1, 0.15) is 0 Å². The average molecular weight is 251 g/mol. The molecule has 0 saturated heterocycles. The van der Waals surface area contributed by atoms with Crippen molar-refractivity contribution in [3.8, 4) is 0 Å². The van der Waals surface area contributed by atoms with E-state index < -0.39 is 0 Å². The van der Waals surface area contributed by atoms with Gasteiger partial charge in [0.05, 0.1) is 0 Å². The highest BCUT2D eigenvalue weighted by atomic mass is 32.1. The van der Waals surface area contributed by atoms with E-state index in [1.165, 1.54) is 38.5 Å². The molecule has 0 spiro atoms. The van der Waals surface area contributed by atoms with Crippen molar-refractivity contribution in [2.24, 2.45) is 5.92 Å². The molecule has 0 aromatic carbocycles. The van der Waals surface area contributed by atoms with Crippen LogP contribution in [0.5, 0.6) is 0 Å². The summed E-state index contributed by atoms with van der Waals surface area (Å²) in [5, 5.41) is 3.51. The summed E-state index contributed by atoms with van der Waals surface area (Å²) in [7, 11) is 2.11. The van der Waals surface area contributed by atoms with Gasteiger partial charge in [-0.3, -0.25) is 0 Å². The molecule has 1 N–H and O–H groups in total. The lowest BCUT2D eigenvalue weighted by Crippen LogP contribution is -2.18. The Morgan fingerprint density at radius 2 is 2.24 bits per heavy atom. The van der Waals surface area contributed by atoms with Crippen LogP contribution < -0.4 is 5.32 Å². The molecule has 2 heteroatoms.